The van der Waals surface area contributed by atoms with E-state index in [2.05, 4.69) is 15.3 Å². The fourth-order valence-electron chi connectivity index (χ4n) is 3.11. The van der Waals surface area contributed by atoms with Gasteiger partial charge in [0.2, 0.25) is 5.91 Å². The maximum absolute atomic E-state index is 12.0. The molecule has 0 bridgehead atoms. The predicted molar refractivity (Wildman–Crippen MR) is 92.0 cm³/mol. The van der Waals surface area contributed by atoms with Crippen LogP contribution in [-0.2, 0) is 11.2 Å². The van der Waals surface area contributed by atoms with Crippen LogP contribution in [0, 0.1) is 0 Å². The number of aliphatic hydroxyl groups is 1. The van der Waals surface area contributed by atoms with Crippen LogP contribution in [0.2, 0.25) is 0 Å². The lowest BCUT2D eigenvalue weighted by atomic mass is 10.2. The highest BCUT2D eigenvalue weighted by atomic mass is 16.3. The maximum Gasteiger partial charge on any atom is 0.234 e. The number of nitrogens with one attached hydrogen (secondary N) is 1. The van der Waals surface area contributed by atoms with Crippen LogP contribution in [0.4, 0.5) is 0 Å². The Morgan fingerprint density at radius 3 is 2.96 bits per heavy atom. The van der Waals surface area contributed by atoms with E-state index in [-0.39, 0.29) is 18.6 Å². The Bertz CT molecular complexity index is 656. The van der Waals surface area contributed by atoms with Gasteiger partial charge in [0.05, 0.1) is 25.0 Å². The largest absolute Gasteiger partial charge is 0.395 e. The minimum absolute atomic E-state index is 0.0193. The molecule has 1 atom stereocenters. The minimum Gasteiger partial charge on any atom is -0.395 e. The van der Waals surface area contributed by atoms with E-state index in [0.29, 0.717) is 13.1 Å². The van der Waals surface area contributed by atoms with E-state index in [9.17, 15) is 9.90 Å². The summed E-state index contributed by atoms with van der Waals surface area (Å²) in [6.45, 7) is 1.99. The molecule has 2 heterocycles. The Labute approximate surface area is 142 Å². The first-order valence-electron chi connectivity index (χ1n) is 8.47. The van der Waals surface area contributed by atoms with E-state index in [0.717, 1.165) is 37.1 Å². The lowest BCUT2D eigenvalue weighted by molar-refractivity contribution is -0.122. The van der Waals surface area contributed by atoms with Crippen molar-refractivity contribution in [2.75, 3.05) is 26.2 Å². The number of hydrogen-bond acceptors (Lipinski definition) is 4. The predicted octanol–water partition coefficient (Wildman–Crippen LogP) is 0.988. The molecule has 128 valence electrons. The Morgan fingerprint density at radius 1 is 1.33 bits per heavy atom. The topological polar surface area (TPSA) is 70.4 Å². The normalized spacial score (nSPS) is 18.0. The molecule has 1 aromatic heterocycles. The Kier molecular flexibility index (Phi) is 5.61. The molecule has 1 aliphatic rings. The average Bonchev–Trinajstić information content (AvgIpc) is 3.25. The lowest BCUT2D eigenvalue weighted by Gasteiger charge is -2.21. The second-order valence-corrected chi connectivity index (χ2v) is 6.18. The zero-order valence-corrected chi connectivity index (χ0v) is 13.8. The standard InChI is InChI=1S/C18H24N4O2/c23-14-17-7-4-10-21(17)13-18(24)19-9-8-15-11-20-22(12-15)16-5-2-1-3-6-16/h1-3,5-6,11-12,17,23H,4,7-10,13-14H2,(H,19,24)/t17-/m1/s1. The van der Waals surface area contributed by atoms with E-state index in [1.165, 1.54) is 0 Å². The molecule has 2 aromatic rings. The molecule has 1 amide bonds. The van der Waals surface area contributed by atoms with Gasteiger partial charge < -0.3 is 10.4 Å². The summed E-state index contributed by atoms with van der Waals surface area (Å²) in [6, 6.07) is 10.1. The summed E-state index contributed by atoms with van der Waals surface area (Å²) in [7, 11) is 0. The number of aromatic nitrogens is 2. The number of para-hydroxylation sites is 1. The van der Waals surface area contributed by atoms with Gasteiger partial charge in [-0.2, -0.15) is 5.10 Å². The second kappa shape index (κ2) is 8.08. The Hall–Kier alpha value is -2.18. The van der Waals surface area contributed by atoms with Crippen LogP contribution in [0.1, 0.15) is 18.4 Å². The number of aliphatic hydroxyl groups excluding tert-OH is 1. The molecule has 1 aliphatic heterocycles. The van der Waals surface area contributed by atoms with Crippen molar-refractivity contribution >= 4 is 5.91 Å². The van der Waals surface area contributed by atoms with Crippen LogP contribution in [0.15, 0.2) is 42.7 Å². The number of benzene rings is 1. The third-order valence-corrected chi connectivity index (χ3v) is 4.45. The quantitative estimate of drug-likeness (QED) is 0.795. The molecule has 3 rings (SSSR count). The summed E-state index contributed by atoms with van der Waals surface area (Å²) < 4.78 is 1.84. The highest BCUT2D eigenvalue weighted by Crippen LogP contribution is 2.15. The second-order valence-electron chi connectivity index (χ2n) is 6.18. The first kappa shape index (κ1) is 16.7. The number of hydrogen-bond donors (Lipinski definition) is 2. The van der Waals surface area contributed by atoms with Gasteiger partial charge in [-0.1, -0.05) is 18.2 Å². The highest BCUT2D eigenvalue weighted by molar-refractivity contribution is 5.78. The molecule has 6 heteroatoms. The van der Waals surface area contributed by atoms with Crippen LogP contribution >= 0.6 is 0 Å². The molecule has 1 saturated heterocycles. The maximum atomic E-state index is 12.0. The summed E-state index contributed by atoms with van der Waals surface area (Å²) >= 11 is 0. The van der Waals surface area contributed by atoms with Crippen LogP contribution in [0.5, 0.6) is 0 Å². The SMILES string of the molecule is O=C(CN1CCC[C@@H]1CO)NCCc1cnn(-c2ccccc2)c1. The van der Waals surface area contributed by atoms with E-state index >= 15 is 0 Å². The average molecular weight is 328 g/mol. The zero-order valence-electron chi connectivity index (χ0n) is 13.8. The molecule has 0 radical (unpaired) electrons. The molecule has 24 heavy (non-hydrogen) atoms. The van der Waals surface area contributed by atoms with Crippen molar-refractivity contribution in [2.45, 2.75) is 25.3 Å². The Morgan fingerprint density at radius 2 is 2.17 bits per heavy atom. The lowest BCUT2D eigenvalue weighted by Crippen LogP contribution is -2.41. The number of carbonyl (C=O) groups excluding carboxylic acids is 1. The highest BCUT2D eigenvalue weighted by Gasteiger charge is 2.25. The van der Waals surface area contributed by atoms with Crippen molar-refractivity contribution in [1.29, 1.82) is 0 Å². The van der Waals surface area contributed by atoms with Crippen molar-refractivity contribution in [3.8, 4) is 5.69 Å². The zero-order chi connectivity index (χ0) is 16.8. The van der Waals surface area contributed by atoms with Gasteiger partial charge in [0, 0.05) is 18.8 Å². The van der Waals surface area contributed by atoms with Gasteiger partial charge in [-0.25, -0.2) is 4.68 Å². The third-order valence-electron chi connectivity index (χ3n) is 4.45. The molecule has 1 aromatic carbocycles. The van der Waals surface area contributed by atoms with Gasteiger partial charge in [0.25, 0.3) is 0 Å². The van der Waals surface area contributed by atoms with Gasteiger partial charge in [-0.15, -0.1) is 0 Å². The summed E-state index contributed by atoms with van der Waals surface area (Å²) in [5.41, 5.74) is 2.12. The third kappa shape index (κ3) is 4.21. The number of nitrogens with zero attached hydrogens (tertiary/aromatic N) is 3. The van der Waals surface area contributed by atoms with Crippen molar-refractivity contribution in [3.05, 3.63) is 48.3 Å². The number of likely N-dealkylation sites (tertiary alicyclic amines) is 1. The van der Waals surface area contributed by atoms with Gasteiger partial charge in [0.1, 0.15) is 0 Å². The van der Waals surface area contributed by atoms with Gasteiger partial charge in [-0.05, 0) is 43.5 Å². The monoisotopic (exact) mass is 328 g/mol. The van der Waals surface area contributed by atoms with Crippen LogP contribution < -0.4 is 5.32 Å². The molecular weight excluding hydrogens is 304 g/mol. The number of rotatable bonds is 7. The van der Waals surface area contributed by atoms with Crippen LogP contribution in [0.3, 0.4) is 0 Å². The summed E-state index contributed by atoms with van der Waals surface area (Å²) in [6.07, 6.45) is 6.60. The summed E-state index contributed by atoms with van der Waals surface area (Å²) in [5.74, 6) is 0.0193. The Balaban J connectivity index is 1.43. The summed E-state index contributed by atoms with van der Waals surface area (Å²) in [5, 5.41) is 16.6. The fraction of sp³-hybridized carbons (Fsp3) is 0.444. The first-order valence-corrected chi connectivity index (χ1v) is 8.47. The molecule has 1 fully saturated rings. The van der Waals surface area contributed by atoms with Crippen LogP contribution in [0.25, 0.3) is 5.69 Å². The van der Waals surface area contributed by atoms with Gasteiger partial charge in [-0.3, -0.25) is 9.69 Å². The van der Waals surface area contributed by atoms with Gasteiger partial charge >= 0.3 is 0 Å². The van der Waals surface area contributed by atoms with E-state index in [4.69, 9.17) is 0 Å². The minimum atomic E-state index is 0.0193. The molecule has 0 spiro atoms. The number of carbonyl (C=O) groups is 1. The molecule has 0 aliphatic carbocycles. The smallest absolute Gasteiger partial charge is 0.234 e. The fourth-order valence-corrected chi connectivity index (χ4v) is 3.11. The van der Waals surface area contributed by atoms with Crippen molar-refractivity contribution in [3.63, 3.8) is 0 Å². The molecule has 2 N–H and O–H groups in total. The summed E-state index contributed by atoms with van der Waals surface area (Å²) in [4.78, 5) is 14.1. The molecule has 0 saturated carbocycles. The first-order chi connectivity index (χ1) is 11.8. The van der Waals surface area contributed by atoms with Crippen molar-refractivity contribution < 1.29 is 9.90 Å². The molecule has 0 unspecified atom stereocenters. The van der Waals surface area contributed by atoms with Gasteiger partial charge in [0.15, 0.2) is 0 Å². The van der Waals surface area contributed by atoms with Crippen LogP contribution in [-0.4, -0.2) is 58.0 Å². The number of amides is 1. The molecular formula is C18H24N4O2. The van der Waals surface area contributed by atoms with Crippen molar-refractivity contribution in [1.82, 2.24) is 20.0 Å². The van der Waals surface area contributed by atoms with Crippen molar-refractivity contribution in [2.24, 2.45) is 0 Å². The van der Waals surface area contributed by atoms with E-state index < -0.39 is 0 Å². The molecule has 6 nitrogen and oxygen atoms in total. The van der Waals surface area contributed by atoms with E-state index in [1.807, 2.05) is 47.4 Å². The van der Waals surface area contributed by atoms with E-state index in [1.54, 1.807) is 0 Å².